The predicted octanol–water partition coefficient (Wildman–Crippen LogP) is 2.60. The van der Waals surface area contributed by atoms with E-state index in [1.54, 1.807) is 20.1 Å². The fraction of sp³-hybridized carbons (Fsp3) is 0.316. The van der Waals surface area contributed by atoms with Crippen molar-refractivity contribution in [3.63, 3.8) is 0 Å². The summed E-state index contributed by atoms with van der Waals surface area (Å²) in [5.74, 6) is 0.0920. The normalized spacial score (nSPS) is 11.7. The summed E-state index contributed by atoms with van der Waals surface area (Å²) in [5, 5.41) is 2.96. The Morgan fingerprint density at radius 2 is 1.92 bits per heavy atom. The fourth-order valence-electron chi connectivity index (χ4n) is 2.48. The first-order chi connectivity index (χ1) is 12.3. The number of nitrogens with zero attached hydrogens (tertiary/aromatic N) is 1. The van der Waals surface area contributed by atoms with Crippen LogP contribution in [0.2, 0.25) is 0 Å². The third-order valence-electron chi connectivity index (χ3n) is 3.84. The van der Waals surface area contributed by atoms with Crippen molar-refractivity contribution < 1.29 is 14.3 Å². The number of methoxy groups -OCH3 is 1. The summed E-state index contributed by atoms with van der Waals surface area (Å²) in [4.78, 5) is 28.5. The number of hydrogen-bond donors (Lipinski definition) is 2. The van der Waals surface area contributed by atoms with Gasteiger partial charge in [-0.3, -0.25) is 9.59 Å². The van der Waals surface area contributed by atoms with Crippen molar-refractivity contribution >= 4 is 23.6 Å². The standard InChI is InChI=1S/C19H23N3O3S/c1-11-9-12(2)22-19(16(11)17(20)23)26-13(3)18(24)21-10-14-5-7-15(25-4)8-6-14/h5-9,13H,10H2,1-4H3,(H2,20,23)(H,21,24)/t13-/m1/s1. The number of nitrogens with two attached hydrogens (primary N) is 1. The predicted molar refractivity (Wildman–Crippen MR) is 102 cm³/mol. The highest BCUT2D eigenvalue weighted by Crippen LogP contribution is 2.27. The number of benzene rings is 1. The van der Waals surface area contributed by atoms with E-state index in [2.05, 4.69) is 10.3 Å². The summed E-state index contributed by atoms with van der Waals surface area (Å²) in [6, 6.07) is 9.29. The second-order valence-electron chi connectivity index (χ2n) is 5.95. The van der Waals surface area contributed by atoms with Crippen LogP contribution in [0.25, 0.3) is 0 Å². The van der Waals surface area contributed by atoms with Crippen molar-refractivity contribution in [1.29, 1.82) is 0 Å². The van der Waals surface area contributed by atoms with Crippen LogP contribution in [0.4, 0.5) is 0 Å². The number of primary amides is 1. The highest BCUT2D eigenvalue weighted by atomic mass is 32.2. The van der Waals surface area contributed by atoms with Crippen LogP contribution in [0.5, 0.6) is 5.75 Å². The molecule has 0 fully saturated rings. The minimum Gasteiger partial charge on any atom is -0.497 e. The van der Waals surface area contributed by atoms with Gasteiger partial charge in [-0.15, -0.1) is 0 Å². The van der Waals surface area contributed by atoms with Gasteiger partial charge in [-0.05, 0) is 50.1 Å². The first-order valence-electron chi connectivity index (χ1n) is 8.17. The third kappa shape index (κ3) is 4.98. The lowest BCUT2D eigenvalue weighted by Gasteiger charge is -2.15. The zero-order valence-corrected chi connectivity index (χ0v) is 16.1. The Hall–Kier alpha value is -2.54. The molecular weight excluding hydrogens is 350 g/mol. The van der Waals surface area contributed by atoms with E-state index < -0.39 is 11.2 Å². The van der Waals surface area contributed by atoms with Gasteiger partial charge in [0.1, 0.15) is 10.8 Å². The molecule has 0 radical (unpaired) electrons. The molecule has 0 unspecified atom stereocenters. The smallest absolute Gasteiger partial charge is 0.251 e. The van der Waals surface area contributed by atoms with Crippen molar-refractivity contribution in [1.82, 2.24) is 10.3 Å². The molecule has 0 aliphatic rings. The number of rotatable bonds is 7. The lowest BCUT2D eigenvalue weighted by atomic mass is 10.1. The third-order valence-corrected chi connectivity index (χ3v) is 4.93. The molecular formula is C19H23N3O3S. The Morgan fingerprint density at radius 3 is 2.50 bits per heavy atom. The molecule has 1 atom stereocenters. The SMILES string of the molecule is COc1ccc(CNC(=O)[C@@H](C)Sc2nc(C)cc(C)c2C(N)=O)cc1. The van der Waals surface area contributed by atoms with Gasteiger partial charge < -0.3 is 15.8 Å². The number of carbonyl (C=O) groups excluding carboxylic acids is 2. The molecule has 0 bridgehead atoms. The second kappa shape index (κ2) is 8.71. The molecule has 0 saturated heterocycles. The molecule has 0 saturated carbocycles. The summed E-state index contributed by atoms with van der Waals surface area (Å²) < 4.78 is 5.11. The van der Waals surface area contributed by atoms with Crippen molar-refractivity contribution in [2.24, 2.45) is 5.73 Å². The van der Waals surface area contributed by atoms with Gasteiger partial charge in [0.25, 0.3) is 5.91 Å². The van der Waals surface area contributed by atoms with Gasteiger partial charge in [0.2, 0.25) is 5.91 Å². The molecule has 0 aliphatic carbocycles. The monoisotopic (exact) mass is 373 g/mol. The quantitative estimate of drug-likeness (QED) is 0.728. The van der Waals surface area contributed by atoms with Gasteiger partial charge in [-0.1, -0.05) is 23.9 Å². The van der Waals surface area contributed by atoms with Crippen molar-refractivity contribution in [2.45, 2.75) is 37.6 Å². The molecule has 3 N–H and O–H groups in total. The largest absolute Gasteiger partial charge is 0.497 e. The first-order valence-corrected chi connectivity index (χ1v) is 9.05. The first kappa shape index (κ1) is 19.8. The molecule has 138 valence electrons. The second-order valence-corrected chi connectivity index (χ2v) is 7.28. The Labute approximate surface area is 157 Å². The number of thioether (sulfide) groups is 1. The van der Waals surface area contributed by atoms with Crippen LogP contribution in [0.3, 0.4) is 0 Å². The van der Waals surface area contributed by atoms with Crippen LogP contribution >= 0.6 is 11.8 Å². The lowest BCUT2D eigenvalue weighted by Crippen LogP contribution is -2.30. The molecule has 2 aromatic rings. The highest BCUT2D eigenvalue weighted by molar-refractivity contribution is 8.00. The molecule has 1 aromatic carbocycles. The summed E-state index contributed by atoms with van der Waals surface area (Å²) >= 11 is 1.23. The Balaban J connectivity index is 2.03. The Morgan fingerprint density at radius 1 is 1.27 bits per heavy atom. The minimum absolute atomic E-state index is 0.137. The average Bonchev–Trinajstić information content (AvgIpc) is 2.59. The molecule has 0 aliphatic heterocycles. The van der Waals surface area contributed by atoms with Crippen LogP contribution < -0.4 is 15.8 Å². The minimum atomic E-state index is -0.539. The Bertz CT molecular complexity index is 806. The van der Waals surface area contributed by atoms with E-state index in [1.807, 2.05) is 38.1 Å². The number of aryl methyl sites for hydroxylation is 2. The molecule has 1 heterocycles. The summed E-state index contributed by atoms with van der Waals surface area (Å²) in [7, 11) is 1.61. The van der Waals surface area contributed by atoms with E-state index in [-0.39, 0.29) is 5.91 Å². The van der Waals surface area contributed by atoms with Crippen molar-refractivity contribution in [2.75, 3.05) is 7.11 Å². The van der Waals surface area contributed by atoms with Gasteiger partial charge in [0.05, 0.1) is 17.9 Å². The lowest BCUT2D eigenvalue weighted by molar-refractivity contribution is -0.120. The number of ether oxygens (including phenoxy) is 1. The van der Waals surface area contributed by atoms with E-state index in [9.17, 15) is 9.59 Å². The number of hydrogen-bond acceptors (Lipinski definition) is 5. The maximum absolute atomic E-state index is 12.4. The number of carbonyl (C=O) groups is 2. The molecule has 0 spiro atoms. The van der Waals surface area contributed by atoms with Crippen LogP contribution in [-0.2, 0) is 11.3 Å². The molecule has 7 heteroatoms. The van der Waals surface area contributed by atoms with Crippen LogP contribution in [-0.4, -0.2) is 29.2 Å². The van der Waals surface area contributed by atoms with Crippen LogP contribution in [0, 0.1) is 13.8 Å². The molecule has 1 aromatic heterocycles. The molecule has 26 heavy (non-hydrogen) atoms. The van der Waals surface area contributed by atoms with E-state index in [4.69, 9.17) is 10.5 Å². The zero-order valence-electron chi connectivity index (χ0n) is 15.3. The van der Waals surface area contributed by atoms with Crippen LogP contribution in [0.15, 0.2) is 35.4 Å². The summed E-state index contributed by atoms with van der Waals surface area (Å²) in [6.45, 7) is 5.85. The number of nitrogens with one attached hydrogen (secondary N) is 1. The zero-order chi connectivity index (χ0) is 19.3. The van der Waals surface area contributed by atoms with Gasteiger partial charge in [-0.2, -0.15) is 0 Å². The van der Waals surface area contributed by atoms with Gasteiger partial charge in [0, 0.05) is 12.2 Å². The van der Waals surface area contributed by atoms with E-state index >= 15 is 0 Å². The van der Waals surface area contributed by atoms with E-state index in [0.29, 0.717) is 17.1 Å². The van der Waals surface area contributed by atoms with E-state index in [1.165, 1.54) is 11.8 Å². The topological polar surface area (TPSA) is 94.3 Å². The average molecular weight is 373 g/mol. The van der Waals surface area contributed by atoms with Crippen molar-refractivity contribution in [3.8, 4) is 5.75 Å². The van der Waals surface area contributed by atoms with Gasteiger partial charge >= 0.3 is 0 Å². The van der Waals surface area contributed by atoms with Crippen LogP contribution in [0.1, 0.15) is 34.1 Å². The van der Waals surface area contributed by atoms with E-state index in [0.717, 1.165) is 22.6 Å². The molecule has 2 amide bonds. The Kier molecular flexibility index (Phi) is 6.63. The van der Waals surface area contributed by atoms with Crippen molar-refractivity contribution in [3.05, 3.63) is 52.7 Å². The number of aromatic nitrogens is 1. The highest BCUT2D eigenvalue weighted by Gasteiger charge is 2.20. The fourth-order valence-corrected chi connectivity index (χ4v) is 3.59. The molecule has 2 rings (SSSR count). The summed E-state index contributed by atoms with van der Waals surface area (Å²) in [5.41, 5.74) is 8.36. The maximum Gasteiger partial charge on any atom is 0.251 e. The van der Waals surface area contributed by atoms with Gasteiger partial charge in [-0.25, -0.2) is 4.98 Å². The molecule has 6 nitrogen and oxygen atoms in total. The number of amides is 2. The summed E-state index contributed by atoms with van der Waals surface area (Å²) in [6.07, 6.45) is 0. The maximum atomic E-state index is 12.4. The number of pyridine rings is 1. The van der Waals surface area contributed by atoms with Gasteiger partial charge in [0.15, 0.2) is 0 Å².